The zero-order valence-corrected chi connectivity index (χ0v) is 11.6. The lowest BCUT2D eigenvalue weighted by Crippen LogP contribution is -2.38. The second kappa shape index (κ2) is 6.32. The fourth-order valence-corrected chi connectivity index (χ4v) is 2.40. The first-order chi connectivity index (χ1) is 9.84. The largest absolute Gasteiger partial charge is 0.474 e. The van der Waals surface area contributed by atoms with Crippen LogP contribution >= 0.6 is 0 Å². The molecule has 1 amide bonds. The minimum absolute atomic E-state index is 0.0521. The molecule has 0 aromatic carbocycles. The molecule has 0 aliphatic heterocycles. The third kappa shape index (κ3) is 4.61. The van der Waals surface area contributed by atoms with Gasteiger partial charge < -0.3 is 10.1 Å². The summed E-state index contributed by atoms with van der Waals surface area (Å²) in [5.41, 5.74) is -0.788. The monoisotopic (exact) mass is 302 g/mol. The fourth-order valence-electron chi connectivity index (χ4n) is 2.40. The van der Waals surface area contributed by atoms with Gasteiger partial charge in [-0.05, 0) is 31.7 Å². The van der Waals surface area contributed by atoms with Crippen LogP contribution in [0.4, 0.5) is 13.2 Å². The Morgan fingerprint density at radius 2 is 1.95 bits per heavy atom. The van der Waals surface area contributed by atoms with Crippen molar-refractivity contribution < 1.29 is 22.7 Å². The van der Waals surface area contributed by atoms with E-state index in [1.165, 1.54) is 13.0 Å². The molecular formula is C14H17F3N2O2. The van der Waals surface area contributed by atoms with Gasteiger partial charge in [-0.1, -0.05) is 0 Å². The van der Waals surface area contributed by atoms with Gasteiger partial charge in [0.25, 0.3) is 0 Å². The fraction of sp³-hybridized carbons (Fsp3) is 0.571. The Morgan fingerprint density at radius 1 is 1.29 bits per heavy atom. The number of nitrogens with one attached hydrogen (secondary N) is 1. The third-order valence-electron chi connectivity index (χ3n) is 3.43. The molecule has 2 rings (SSSR count). The lowest BCUT2D eigenvalue weighted by Gasteiger charge is -2.28. The van der Waals surface area contributed by atoms with Gasteiger partial charge in [0.15, 0.2) is 0 Å². The molecule has 0 spiro atoms. The molecule has 0 bridgehead atoms. The SMILES string of the molecule is CC(=O)NC1CCC(Oc2ccc(C(F)(F)F)cn2)CC1. The van der Waals surface area contributed by atoms with Crippen molar-refractivity contribution in [2.24, 2.45) is 0 Å². The Kier molecular flexibility index (Phi) is 4.69. The van der Waals surface area contributed by atoms with E-state index in [4.69, 9.17) is 4.74 Å². The molecule has 1 aliphatic rings. The maximum Gasteiger partial charge on any atom is 0.417 e. The average molecular weight is 302 g/mol. The highest BCUT2D eigenvalue weighted by Crippen LogP contribution is 2.30. The van der Waals surface area contributed by atoms with Gasteiger partial charge >= 0.3 is 6.18 Å². The van der Waals surface area contributed by atoms with Crippen LogP contribution in [0.25, 0.3) is 0 Å². The van der Waals surface area contributed by atoms with Crippen molar-refractivity contribution in [3.05, 3.63) is 23.9 Å². The van der Waals surface area contributed by atoms with E-state index in [-0.39, 0.29) is 23.9 Å². The third-order valence-corrected chi connectivity index (χ3v) is 3.43. The van der Waals surface area contributed by atoms with E-state index in [0.717, 1.165) is 37.9 Å². The number of hydrogen-bond acceptors (Lipinski definition) is 3. The van der Waals surface area contributed by atoms with E-state index in [1.54, 1.807) is 0 Å². The lowest BCUT2D eigenvalue weighted by atomic mass is 9.93. The van der Waals surface area contributed by atoms with Crippen molar-refractivity contribution in [1.29, 1.82) is 0 Å². The van der Waals surface area contributed by atoms with E-state index in [2.05, 4.69) is 10.3 Å². The summed E-state index contributed by atoms with van der Waals surface area (Å²) in [5, 5.41) is 2.86. The van der Waals surface area contributed by atoms with Gasteiger partial charge in [0.05, 0.1) is 5.56 Å². The Hall–Kier alpha value is -1.79. The second-order valence-electron chi connectivity index (χ2n) is 5.17. The molecule has 21 heavy (non-hydrogen) atoms. The summed E-state index contributed by atoms with van der Waals surface area (Å²) in [6, 6.07) is 2.36. The lowest BCUT2D eigenvalue weighted by molar-refractivity contribution is -0.137. The Morgan fingerprint density at radius 3 is 2.43 bits per heavy atom. The predicted molar refractivity (Wildman–Crippen MR) is 69.7 cm³/mol. The molecular weight excluding hydrogens is 285 g/mol. The van der Waals surface area contributed by atoms with Gasteiger partial charge in [-0.2, -0.15) is 13.2 Å². The van der Waals surface area contributed by atoms with E-state index >= 15 is 0 Å². The number of alkyl halides is 3. The number of rotatable bonds is 3. The van der Waals surface area contributed by atoms with Crippen molar-refractivity contribution in [2.75, 3.05) is 0 Å². The zero-order valence-electron chi connectivity index (χ0n) is 11.6. The number of amides is 1. The first kappa shape index (κ1) is 15.6. The van der Waals surface area contributed by atoms with Crippen molar-refractivity contribution >= 4 is 5.91 Å². The van der Waals surface area contributed by atoms with Crippen LogP contribution < -0.4 is 10.1 Å². The maximum atomic E-state index is 12.4. The number of hydrogen-bond donors (Lipinski definition) is 1. The number of carbonyl (C=O) groups is 1. The standard InChI is InChI=1S/C14H17F3N2O2/c1-9(20)19-11-3-5-12(6-4-11)21-13-7-2-10(8-18-13)14(15,16)17/h2,7-8,11-12H,3-6H2,1H3,(H,19,20). The van der Waals surface area contributed by atoms with Crippen LogP contribution in [-0.2, 0) is 11.0 Å². The van der Waals surface area contributed by atoms with Crippen molar-refractivity contribution in [3.63, 3.8) is 0 Å². The summed E-state index contributed by atoms with van der Waals surface area (Å²) in [6.45, 7) is 1.48. The summed E-state index contributed by atoms with van der Waals surface area (Å²) in [7, 11) is 0. The Balaban J connectivity index is 1.85. The highest BCUT2D eigenvalue weighted by molar-refractivity contribution is 5.73. The first-order valence-electron chi connectivity index (χ1n) is 6.81. The summed E-state index contributed by atoms with van der Waals surface area (Å²) in [4.78, 5) is 14.6. The number of aromatic nitrogens is 1. The molecule has 0 saturated heterocycles. The van der Waals surface area contributed by atoms with Crippen LogP contribution in [0.1, 0.15) is 38.2 Å². The zero-order chi connectivity index (χ0) is 15.5. The van der Waals surface area contributed by atoms with E-state index in [0.29, 0.717) is 0 Å². The summed E-state index contributed by atoms with van der Waals surface area (Å²) in [6.07, 6.45) is -0.601. The van der Waals surface area contributed by atoms with Crippen LogP contribution in [0.5, 0.6) is 5.88 Å². The van der Waals surface area contributed by atoms with Gasteiger partial charge in [0.1, 0.15) is 6.10 Å². The molecule has 1 N–H and O–H groups in total. The molecule has 1 saturated carbocycles. The van der Waals surface area contributed by atoms with E-state index in [9.17, 15) is 18.0 Å². The Labute approximate surface area is 120 Å². The van der Waals surface area contributed by atoms with E-state index in [1.807, 2.05) is 0 Å². The summed E-state index contributed by atoms with van der Waals surface area (Å²) >= 11 is 0. The number of ether oxygens (including phenoxy) is 1. The highest BCUT2D eigenvalue weighted by Gasteiger charge is 2.31. The Bertz CT molecular complexity index is 480. The van der Waals surface area contributed by atoms with Gasteiger partial charge in [0, 0.05) is 25.2 Å². The van der Waals surface area contributed by atoms with Crippen LogP contribution in [-0.4, -0.2) is 23.0 Å². The minimum Gasteiger partial charge on any atom is -0.474 e. The van der Waals surface area contributed by atoms with Gasteiger partial charge in [-0.15, -0.1) is 0 Å². The highest BCUT2D eigenvalue weighted by atomic mass is 19.4. The number of halogens is 3. The van der Waals surface area contributed by atoms with Gasteiger partial charge in [-0.25, -0.2) is 4.98 Å². The molecule has 7 heteroatoms. The van der Waals surface area contributed by atoms with Crippen molar-refractivity contribution in [3.8, 4) is 5.88 Å². The van der Waals surface area contributed by atoms with Crippen LogP contribution in [0.2, 0.25) is 0 Å². The smallest absolute Gasteiger partial charge is 0.417 e. The second-order valence-corrected chi connectivity index (χ2v) is 5.17. The average Bonchev–Trinajstić information content (AvgIpc) is 2.40. The molecule has 0 radical (unpaired) electrons. The number of carbonyl (C=O) groups excluding carboxylic acids is 1. The quantitative estimate of drug-likeness (QED) is 0.934. The number of pyridine rings is 1. The summed E-state index contributed by atoms with van der Waals surface area (Å²) in [5.74, 6) is 0.148. The van der Waals surface area contributed by atoms with Crippen LogP contribution in [0.3, 0.4) is 0 Å². The number of nitrogens with zero attached hydrogens (tertiary/aromatic N) is 1. The molecule has 1 heterocycles. The molecule has 1 aromatic rings. The predicted octanol–water partition coefficient (Wildman–Crippen LogP) is 2.93. The van der Waals surface area contributed by atoms with Crippen molar-refractivity contribution in [1.82, 2.24) is 10.3 Å². The first-order valence-corrected chi connectivity index (χ1v) is 6.81. The molecule has 0 unspecified atom stereocenters. The molecule has 4 nitrogen and oxygen atoms in total. The van der Waals surface area contributed by atoms with E-state index < -0.39 is 11.7 Å². The summed E-state index contributed by atoms with van der Waals surface area (Å²) < 4.78 is 42.8. The normalized spacial score (nSPS) is 22.7. The molecule has 1 aliphatic carbocycles. The molecule has 1 aromatic heterocycles. The van der Waals surface area contributed by atoms with Crippen LogP contribution in [0.15, 0.2) is 18.3 Å². The molecule has 116 valence electrons. The topological polar surface area (TPSA) is 51.2 Å². The van der Waals surface area contributed by atoms with Gasteiger partial charge in [0.2, 0.25) is 11.8 Å². The molecule has 0 atom stereocenters. The molecule has 1 fully saturated rings. The van der Waals surface area contributed by atoms with Crippen molar-refractivity contribution in [2.45, 2.75) is 50.9 Å². The van der Waals surface area contributed by atoms with Gasteiger partial charge in [-0.3, -0.25) is 4.79 Å². The maximum absolute atomic E-state index is 12.4. The van der Waals surface area contributed by atoms with Crippen LogP contribution in [0, 0.1) is 0 Å². The minimum atomic E-state index is -4.39.